The van der Waals surface area contributed by atoms with Crippen LogP contribution in [0, 0.1) is 10.1 Å². The van der Waals surface area contributed by atoms with Gasteiger partial charge in [0.1, 0.15) is 5.75 Å². The number of nitro benzene ring substituents is 1. The Morgan fingerprint density at radius 1 is 1.18 bits per heavy atom. The van der Waals surface area contributed by atoms with Gasteiger partial charge in [-0.1, -0.05) is 6.42 Å². The van der Waals surface area contributed by atoms with Crippen molar-refractivity contribution in [2.45, 2.75) is 48.2 Å². The second-order valence-corrected chi connectivity index (χ2v) is 10.9. The summed E-state index contributed by atoms with van der Waals surface area (Å²) in [5.41, 5.74) is 0.264. The summed E-state index contributed by atoms with van der Waals surface area (Å²) in [5, 5.41) is 13.1. The van der Waals surface area contributed by atoms with Crippen molar-refractivity contribution >= 4 is 39.1 Å². The SMILES string of the molecule is CCOc1ccc(S(=O)(=O)N2CCCCC2)cc1NC(=O)C(C)Sc1ccc([N+](=O)[O-])cc1. The zero-order chi connectivity index (χ0) is 24.0. The third kappa shape index (κ3) is 6.24. The lowest BCUT2D eigenvalue weighted by molar-refractivity contribution is -0.384. The topological polar surface area (TPSA) is 119 Å². The molecule has 2 aromatic carbocycles. The first-order valence-corrected chi connectivity index (χ1v) is 13.0. The number of non-ortho nitro benzene ring substituents is 1. The van der Waals surface area contributed by atoms with E-state index in [0.29, 0.717) is 30.3 Å². The number of ether oxygens (including phenoxy) is 1. The maximum atomic E-state index is 13.1. The van der Waals surface area contributed by atoms with Crippen LogP contribution >= 0.6 is 11.8 Å². The van der Waals surface area contributed by atoms with Crippen molar-refractivity contribution < 1.29 is 22.9 Å². The van der Waals surface area contributed by atoms with Crippen molar-refractivity contribution in [3.8, 4) is 5.75 Å². The number of rotatable bonds is 9. The molecule has 0 aliphatic carbocycles. The molecule has 2 aromatic rings. The van der Waals surface area contributed by atoms with Crippen LogP contribution in [0.4, 0.5) is 11.4 Å². The van der Waals surface area contributed by atoms with Gasteiger partial charge < -0.3 is 10.1 Å². The van der Waals surface area contributed by atoms with Crippen molar-refractivity contribution in [2.75, 3.05) is 25.0 Å². The molecule has 1 saturated heterocycles. The lowest BCUT2D eigenvalue weighted by atomic mass is 10.2. The second kappa shape index (κ2) is 11.0. The Hall–Kier alpha value is -2.63. The second-order valence-electron chi connectivity index (χ2n) is 7.56. The fourth-order valence-corrected chi connectivity index (χ4v) is 5.85. The van der Waals surface area contributed by atoms with E-state index in [9.17, 15) is 23.3 Å². The zero-order valence-electron chi connectivity index (χ0n) is 18.5. The Balaban J connectivity index is 1.77. The molecule has 0 aromatic heterocycles. The predicted molar refractivity (Wildman–Crippen MR) is 127 cm³/mol. The predicted octanol–water partition coefficient (Wildman–Crippen LogP) is 4.29. The molecule has 1 amide bonds. The van der Waals surface area contributed by atoms with Crippen LogP contribution in [0.2, 0.25) is 0 Å². The van der Waals surface area contributed by atoms with Gasteiger partial charge in [-0.3, -0.25) is 14.9 Å². The maximum absolute atomic E-state index is 13.1. The largest absolute Gasteiger partial charge is 0.492 e. The van der Waals surface area contributed by atoms with Gasteiger partial charge in [0.25, 0.3) is 5.69 Å². The highest BCUT2D eigenvalue weighted by molar-refractivity contribution is 8.00. The van der Waals surface area contributed by atoms with Crippen molar-refractivity contribution in [3.05, 3.63) is 52.6 Å². The molecule has 0 bridgehead atoms. The Labute approximate surface area is 197 Å². The zero-order valence-corrected chi connectivity index (χ0v) is 20.2. The first-order valence-electron chi connectivity index (χ1n) is 10.7. The lowest BCUT2D eigenvalue weighted by Crippen LogP contribution is -2.35. The average molecular weight is 494 g/mol. The summed E-state index contributed by atoms with van der Waals surface area (Å²) in [5.74, 6) is 0.0443. The van der Waals surface area contributed by atoms with E-state index in [2.05, 4.69) is 5.32 Å². The molecule has 11 heteroatoms. The lowest BCUT2D eigenvalue weighted by Gasteiger charge is -2.26. The van der Waals surface area contributed by atoms with Gasteiger partial charge in [-0.15, -0.1) is 11.8 Å². The number of hydrogen-bond donors (Lipinski definition) is 1. The van der Waals surface area contributed by atoms with E-state index < -0.39 is 20.2 Å². The summed E-state index contributed by atoms with van der Waals surface area (Å²) in [6, 6.07) is 10.4. The maximum Gasteiger partial charge on any atom is 0.269 e. The van der Waals surface area contributed by atoms with Gasteiger partial charge in [0, 0.05) is 30.1 Å². The van der Waals surface area contributed by atoms with Crippen LogP contribution in [-0.4, -0.2) is 48.5 Å². The fourth-order valence-electron chi connectivity index (χ4n) is 3.44. The van der Waals surface area contributed by atoms with Crippen LogP contribution in [-0.2, 0) is 14.8 Å². The Morgan fingerprint density at radius 3 is 2.45 bits per heavy atom. The standard InChI is InChI=1S/C22H27N3O6S2/c1-3-31-21-12-11-19(33(29,30)24-13-5-4-6-14-24)15-20(21)23-22(26)16(2)32-18-9-7-17(8-10-18)25(27)28/h7-12,15-16H,3-6,13-14H2,1-2H3,(H,23,26). The van der Waals surface area contributed by atoms with Crippen LogP contribution in [0.3, 0.4) is 0 Å². The fraction of sp³-hybridized carbons (Fsp3) is 0.409. The molecule has 1 fully saturated rings. The van der Waals surface area contributed by atoms with Crippen molar-refractivity contribution in [3.63, 3.8) is 0 Å². The molecule has 1 aliphatic heterocycles. The van der Waals surface area contributed by atoms with Crippen molar-refractivity contribution in [1.82, 2.24) is 4.31 Å². The summed E-state index contributed by atoms with van der Waals surface area (Å²) in [4.78, 5) is 24.0. The van der Waals surface area contributed by atoms with Gasteiger partial charge in [0.2, 0.25) is 15.9 Å². The quantitative estimate of drug-likeness (QED) is 0.314. The number of carbonyl (C=O) groups excluding carboxylic acids is 1. The van der Waals surface area contributed by atoms with Gasteiger partial charge in [-0.25, -0.2) is 8.42 Å². The number of nitrogens with zero attached hydrogens (tertiary/aromatic N) is 2. The highest BCUT2D eigenvalue weighted by Gasteiger charge is 2.27. The Kier molecular flexibility index (Phi) is 8.33. The molecule has 178 valence electrons. The number of nitro groups is 1. The van der Waals surface area contributed by atoms with Crippen LogP contribution in [0.25, 0.3) is 0 Å². The van der Waals surface area contributed by atoms with Crippen molar-refractivity contribution in [2.24, 2.45) is 0 Å². The summed E-state index contributed by atoms with van der Waals surface area (Å²) in [7, 11) is -3.67. The van der Waals surface area contributed by atoms with Gasteiger partial charge in [-0.05, 0) is 57.0 Å². The van der Waals surface area contributed by atoms with E-state index in [4.69, 9.17) is 4.74 Å². The number of anilines is 1. The third-order valence-corrected chi connectivity index (χ3v) is 8.20. The molecule has 1 unspecified atom stereocenters. The molecule has 0 radical (unpaired) electrons. The Morgan fingerprint density at radius 2 is 1.85 bits per heavy atom. The molecule has 9 nitrogen and oxygen atoms in total. The van der Waals surface area contributed by atoms with E-state index in [-0.39, 0.29) is 22.2 Å². The van der Waals surface area contributed by atoms with Crippen LogP contribution in [0.15, 0.2) is 52.3 Å². The first kappa shape index (κ1) is 25.0. The monoisotopic (exact) mass is 493 g/mol. The van der Waals surface area contributed by atoms with Gasteiger partial charge in [0.05, 0.1) is 27.4 Å². The molecule has 0 saturated carbocycles. The highest BCUT2D eigenvalue weighted by atomic mass is 32.2. The van der Waals surface area contributed by atoms with Gasteiger partial charge in [-0.2, -0.15) is 4.31 Å². The van der Waals surface area contributed by atoms with E-state index in [1.165, 1.54) is 40.3 Å². The molecule has 3 rings (SSSR count). The molecule has 1 heterocycles. The third-order valence-electron chi connectivity index (χ3n) is 5.19. The van der Waals surface area contributed by atoms with E-state index >= 15 is 0 Å². The number of sulfonamides is 1. The molecular formula is C22H27N3O6S2. The Bertz CT molecular complexity index is 1100. The van der Waals surface area contributed by atoms with E-state index in [1.54, 1.807) is 32.0 Å². The summed E-state index contributed by atoms with van der Waals surface area (Å²) in [6.07, 6.45) is 2.68. The van der Waals surface area contributed by atoms with Crippen LogP contribution in [0.1, 0.15) is 33.1 Å². The minimum atomic E-state index is -3.67. The molecular weight excluding hydrogens is 466 g/mol. The average Bonchev–Trinajstić information content (AvgIpc) is 2.81. The minimum Gasteiger partial charge on any atom is -0.492 e. The van der Waals surface area contributed by atoms with E-state index in [1.807, 2.05) is 0 Å². The number of thioether (sulfide) groups is 1. The van der Waals surface area contributed by atoms with Crippen LogP contribution in [0.5, 0.6) is 5.75 Å². The number of benzene rings is 2. The summed E-state index contributed by atoms with van der Waals surface area (Å²) in [6.45, 7) is 4.83. The molecule has 1 atom stereocenters. The van der Waals surface area contributed by atoms with E-state index in [0.717, 1.165) is 19.3 Å². The molecule has 1 N–H and O–H groups in total. The summed E-state index contributed by atoms with van der Waals surface area (Å²) < 4.78 is 33.2. The number of hydrogen-bond acceptors (Lipinski definition) is 7. The molecule has 1 aliphatic rings. The van der Waals surface area contributed by atoms with Gasteiger partial charge in [0.15, 0.2) is 0 Å². The first-order chi connectivity index (χ1) is 15.7. The number of amides is 1. The number of piperidine rings is 1. The number of carbonyl (C=O) groups is 1. The van der Waals surface area contributed by atoms with Gasteiger partial charge >= 0.3 is 0 Å². The molecule has 33 heavy (non-hydrogen) atoms. The van der Waals surface area contributed by atoms with Crippen LogP contribution < -0.4 is 10.1 Å². The highest BCUT2D eigenvalue weighted by Crippen LogP contribution is 2.32. The minimum absolute atomic E-state index is 0.0236. The van der Waals surface area contributed by atoms with Crippen molar-refractivity contribution in [1.29, 1.82) is 0 Å². The number of nitrogens with one attached hydrogen (secondary N) is 1. The summed E-state index contributed by atoms with van der Waals surface area (Å²) >= 11 is 1.24. The smallest absolute Gasteiger partial charge is 0.269 e. The molecule has 0 spiro atoms. The normalized spacial score (nSPS) is 15.6.